The van der Waals surface area contributed by atoms with Crippen molar-refractivity contribution in [1.82, 2.24) is 5.32 Å². The predicted octanol–water partition coefficient (Wildman–Crippen LogP) is 2.64. The predicted molar refractivity (Wildman–Crippen MR) is 64.0 cm³/mol. The van der Waals surface area contributed by atoms with Gasteiger partial charge in [0.15, 0.2) is 0 Å². The van der Waals surface area contributed by atoms with E-state index in [0.29, 0.717) is 0 Å². The average Bonchev–Trinajstić information content (AvgIpc) is 2.26. The van der Waals surface area contributed by atoms with E-state index in [0.717, 1.165) is 17.7 Å². The Balaban J connectivity index is 2.18. The molecule has 4 nitrogen and oxygen atoms in total. The number of ether oxygens (including phenoxy) is 2. The van der Waals surface area contributed by atoms with Crippen LogP contribution in [-0.4, -0.2) is 18.8 Å². The second kappa shape index (κ2) is 4.28. The van der Waals surface area contributed by atoms with Gasteiger partial charge >= 0.3 is 6.09 Å². The molecule has 1 aromatic rings. The van der Waals surface area contributed by atoms with Crippen molar-refractivity contribution >= 4 is 6.09 Å². The summed E-state index contributed by atoms with van der Waals surface area (Å²) in [6, 6.07) is 7.71. The minimum atomic E-state index is -0.424. The molecular formula is C13H17NO3. The van der Waals surface area contributed by atoms with Gasteiger partial charge in [0.05, 0.1) is 13.2 Å². The number of methoxy groups -OCH3 is 1. The van der Waals surface area contributed by atoms with Crippen molar-refractivity contribution in [2.75, 3.05) is 7.11 Å². The van der Waals surface area contributed by atoms with E-state index in [1.54, 1.807) is 7.11 Å². The zero-order chi connectivity index (χ0) is 12.5. The van der Waals surface area contributed by atoms with Crippen molar-refractivity contribution in [1.29, 1.82) is 0 Å². The quantitative estimate of drug-likeness (QED) is 0.857. The number of carbonyl (C=O) groups is 1. The fourth-order valence-corrected chi connectivity index (χ4v) is 2.04. The molecule has 92 valence electrons. The van der Waals surface area contributed by atoms with Crippen LogP contribution in [-0.2, 0) is 4.74 Å². The number of nitrogens with one attached hydrogen (secondary N) is 1. The number of hydrogen-bond acceptors (Lipinski definition) is 3. The molecule has 1 saturated heterocycles. The summed E-state index contributed by atoms with van der Waals surface area (Å²) < 4.78 is 10.3. The van der Waals surface area contributed by atoms with Gasteiger partial charge in [-0.25, -0.2) is 4.79 Å². The van der Waals surface area contributed by atoms with Crippen molar-refractivity contribution in [2.24, 2.45) is 0 Å². The summed E-state index contributed by atoms with van der Waals surface area (Å²) in [5, 5.41) is 2.82. The average molecular weight is 235 g/mol. The van der Waals surface area contributed by atoms with Crippen LogP contribution >= 0.6 is 0 Å². The summed E-state index contributed by atoms with van der Waals surface area (Å²) in [7, 11) is 1.63. The number of amides is 1. The third-order valence-corrected chi connectivity index (χ3v) is 2.87. The van der Waals surface area contributed by atoms with Crippen LogP contribution in [0.4, 0.5) is 4.79 Å². The SMILES string of the molecule is COc1ccc(C2CC(C)(C)OC(=O)N2)cc1. The monoisotopic (exact) mass is 235 g/mol. The zero-order valence-electron chi connectivity index (χ0n) is 10.3. The maximum absolute atomic E-state index is 11.4. The van der Waals surface area contributed by atoms with Crippen LogP contribution in [0.15, 0.2) is 24.3 Å². The number of alkyl carbamates (subject to hydrolysis) is 1. The molecule has 0 aromatic heterocycles. The molecule has 1 aliphatic heterocycles. The highest BCUT2D eigenvalue weighted by Gasteiger charge is 2.34. The first-order valence-corrected chi connectivity index (χ1v) is 5.64. The zero-order valence-corrected chi connectivity index (χ0v) is 10.3. The first-order valence-electron chi connectivity index (χ1n) is 5.64. The highest BCUT2D eigenvalue weighted by atomic mass is 16.6. The van der Waals surface area contributed by atoms with E-state index < -0.39 is 5.60 Å². The van der Waals surface area contributed by atoms with Gasteiger partial charge in [0, 0.05) is 6.42 Å². The summed E-state index contributed by atoms with van der Waals surface area (Å²) in [6.07, 6.45) is 0.396. The molecular weight excluding hydrogens is 218 g/mol. The molecule has 17 heavy (non-hydrogen) atoms. The number of rotatable bonds is 2. The molecule has 0 spiro atoms. The van der Waals surface area contributed by atoms with Gasteiger partial charge in [0.25, 0.3) is 0 Å². The summed E-state index contributed by atoms with van der Waals surface area (Å²) in [6.45, 7) is 3.84. The molecule has 1 heterocycles. The molecule has 1 N–H and O–H groups in total. The molecule has 0 radical (unpaired) electrons. The minimum Gasteiger partial charge on any atom is -0.497 e. The van der Waals surface area contributed by atoms with Crippen LogP contribution in [0.5, 0.6) is 5.75 Å². The van der Waals surface area contributed by atoms with E-state index in [-0.39, 0.29) is 12.1 Å². The summed E-state index contributed by atoms with van der Waals surface area (Å²) in [5.74, 6) is 0.811. The van der Waals surface area contributed by atoms with Crippen LogP contribution in [0.1, 0.15) is 31.9 Å². The fourth-order valence-electron chi connectivity index (χ4n) is 2.04. The number of carbonyl (C=O) groups excluding carboxylic acids is 1. The second-order valence-electron chi connectivity index (χ2n) is 4.82. The molecule has 0 aliphatic carbocycles. The third kappa shape index (κ3) is 2.70. The number of cyclic esters (lactones) is 1. The second-order valence-corrected chi connectivity index (χ2v) is 4.82. The molecule has 1 atom stereocenters. The highest BCUT2D eigenvalue weighted by molar-refractivity contribution is 5.69. The van der Waals surface area contributed by atoms with Crippen molar-refractivity contribution in [2.45, 2.75) is 31.9 Å². The van der Waals surface area contributed by atoms with Gasteiger partial charge < -0.3 is 14.8 Å². The Morgan fingerprint density at radius 2 is 2.00 bits per heavy atom. The van der Waals surface area contributed by atoms with Crippen LogP contribution in [0.2, 0.25) is 0 Å². The minimum absolute atomic E-state index is 0.00263. The Hall–Kier alpha value is -1.71. The number of hydrogen-bond donors (Lipinski definition) is 1. The number of benzene rings is 1. The summed E-state index contributed by atoms with van der Waals surface area (Å²) in [4.78, 5) is 11.4. The first kappa shape index (κ1) is 11.8. The Kier molecular flexibility index (Phi) is 2.96. The topological polar surface area (TPSA) is 47.6 Å². The van der Waals surface area contributed by atoms with Gasteiger partial charge in [-0.05, 0) is 31.5 Å². The van der Waals surface area contributed by atoms with Gasteiger partial charge in [0.2, 0.25) is 0 Å². The van der Waals surface area contributed by atoms with E-state index in [9.17, 15) is 4.79 Å². The smallest absolute Gasteiger partial charge is 0.408 e. The van der Waals surface area contributed by atoms with Gasteiger partial charge in [-0.15, -0.1) is 0 Å². The molecule has 1 amide bonds. The molecule has 0 bridgehead atoms. The van der Waals surface area contributed by atoms with E-state index >= 15 is 0 Å². The molecule has 1 aromatic carbocycles. The van der Waals surface area contributed by atoms with E-state index in [1.807, 2.05) is 38.1 Å². The lowest BCUT2D eigenvalue weighted by Gasteiger charge is -2.35. The van der Waals surface area contributed by atoms with Gasteiger partial charge in [-0.1, -0.05) is 12.1 Å². The van der Waals surface area contributed by atoms with Crippen LogP contribution in [0, 0.1) is 0 Å². The van der Waals surface area contributed by atoms with Crippen LogP contribution < -0.4 is 10.1 Å². The molecule has 1 unspecified atom stereocenters. The molecule has 2 rings (SSSR count). The molecule has 1 fully saturated rings. The fraction of sp³-hybridized carbons (Fsp3) is 0.462. The largest absolute Gasteiger partial charge is 0.497 e. The van der Waals surface area contributed by atoms with Crippen molar-refractivity contribution in [3.05, 3.63) is 29.8 Å². The van der Waals surface area contributed by atoms with Gasteiger partial charge in [0.1, 0.15) is 11.4 Å². The van der Waals surface area contributed by atoms with E-state index in [4.69, 9.17) is 9.47 Å². The van der Waals surface area contributed by atoms with Crippen molar-refractivity contribution in [3.8, 4) is 5.75 Å². The van der Waals surface area contributed by atoms with Gasteiger partial charge in [-0.3, -0.25) is 0 Å². The van der Waals surface area contributed by atoms with Gasteiger partial charge in [-0.2, -0.15) is 0 Å². The van der Waals surface area contributed by atoms with E-state index in [1.165, 1.54) is 0 Å². The van der Waals surface area contributed by atoms with Crippen LogP contribution in [0.3, 0.4) is 0 Å². The molecule has 4 heteroatoms. The lowest BCUT2D eigenvalue weighted by Crippen LogP contribution is -2.45. The Labute approximate surface area is 101 Å². The van der Waals surface area contributed by atoms with Crippen molar-refractivity contribution in [3.63, 3.8) is 0 Å². The molecule has 1 aliphatic rings. The standard InChI is InChI=1S/C13H17NO3/c1-13(2)8-11(14-12(15)17-13)9-4-6-10(16-3)7-5-9/h4-7,11H,8H2,1-3H3,(H,14,15). The molecule has 0 saturated carbocycles. The lowest BCUT2D eigenvalue weighted by molar-refractivity contribution is -0.000274. The van der Waals surface area contributed by atoms with Crippen LogP contribution in [0.25, 0.3) is 0 Å². The highest BCUT2D eigenvalue weighted by Crippen LogP contribution is 2.31. The maximum Gasteiger partial charge on any atom is 0.408 e. The van der Waals surface area contributed by atoms with Crippen molar-refractivity contribution < 1.29 is 14.3 Å². The Morgan fingerprint density at radius 1 is 1.35 bits per heavy atom. The lowest BCUT2D eigenvalue weighted by atomic mass is 9.92. The third-order valence-electron chi connectivity index (χ3n) is 2.87. The summed E-state index contributed by atoms with van der Waals surface area (Å²) in [5.41, 5.74) is 0.642. The normalized spacial score (nSPS) is 22.5. The maximum atomic E-state index is 11.4. The summed E-state index contributed by atoms with van der Waals surface area (Å²) >= 11 is 0. The van der Waals surface area contributed by atoms with E-state index in [2.05, 4.69) is 5.32 Å². The first-order chi connectivity index (χ1) is 8.00. The Bertz CT molecular complexity index is 411. The Morgan fingerprint density at radius 3 is 2.53 bits per heavy atom.